The van der Waals surface area contributed by atoms with Gasteiger partial charge in [-0.2, -0.15) is 0 Å². The zero-order valence-electron chi connectivity index (χ0n) is 19.6. The molecular weight excluding hydrogens is 538 g/mol. The van der Waals surface area contributed by atoms with Crippen LogP contribution in [0.25, 0.3) is 0 Å². The maximum atomic E-state index is 13.5. The van der Waals surface area contributed by atoms with Gasteiger partial charge in [0.2, 0.25) is 0 Å². The summed E-state index contributed by atoms with van der Waals surface area (Å²) in [5, 5.41) is 18.4. The highest BCUT2D eigenvalue weighted by molar-refractivity contribution is 14.0. The molecule has 0 aliphatic carbocycles. The Kier molecular flexibility index (Phi) is 12.1. The van der Waals surface area contributed by atoms with E-state index < -0.39 is 17.5 Å². The summed E-state index contributed by atoms with van der Waals surface area (Å²) >= 11 is 0. The van der Waals surface area contributed by atoms with E-state index in [1.54, 1.807) is 12.1 Å². The number of guanidine groups is 1. The quantitative estimate of drug-likeness (QED) is 0.211. The number of nitrogens with zero attached hydrogens (tertiary/aromatic N) is 1. The molecule has 0 spiro atoms. The number of benzene rings is 2. The number of hydrogen-bond donors (Lipinski definition) is 4. The molecule has 0 bridgehead atoms. The van der Waals surface area contributed by atoms with Crippen molar-refractivity contribution in [3.8, 4) is 0 Å². The van der Waals surface area contributed by atoms with Crippen LogP contribution in [0.2, 0.25) is 0 Å². The molecule has 182 valence electrons. The van der Waals surface area contributed by atoms with Crippen LogP contribution >= 0.6 is 24.0 Å². The molecule has 4 N–H and O–H groups in total. The lowest BCUT2D eigenvalue weighted by Gasteiger charge is -2.19. The van der Waals surface area contributed by atoms with E-state index in [-0.39, 0.29) is 36.1 Å². The molecule has 0 unspecified atom stereocenters. The fraction of sp³-hybridized carbons (Fsp3) is 0.417. The number of nitrogens with one attached hydrogen (secondary N) is 3. The largest absolute Gasteiger partial charge is 0.444 e. The van der Waals surface area contributed by atoms with Crippen LogP contribution in [0.4, 0.5) is 14.9 Å². The smallest absolute Gasteiger partial charge is 0.412 e. The Bertz CT molecular complexity index is 915. The molecule has 33 heavy (non-hydrogen) atoms. The Balaban J connectivity index is 0.00000544. The van der Waals surface area contributed by atoms with Crippen molar-refractivity contribution in [3.63, 3.8) is 0 Å². The summed E-state index contributed by atoms with van der Waals surface area (Å²) in [6, 6.07) is 12.2. The Morgan fingerprint density at radius 3 is 2.36 bits per heavy atom. The molecule has 0 aliphatic heterocycles. The first-order valence-electron chi connectivity index (χ1n) is 10.7. The highest BCUT2D eigenvalue weighted by atomic mass is 127. The lowest BCUT2D eigenvalue weighted by atomic mass is 10.1. The molecule has 2 aromatic carbocycles. The van der Waals surface area contributed by atoms with Gasteiger partial charge in [0.25, 0.3) is 0 Å². The minimum Gasteiger partial charge on any atom is -0.444 e. The van der Waals surface area contributed by atoms with Gasteiger partial charge < -0.3 is 20.5 Å². The fourth-order valence-corrected chi connectivity index (χ4v) is 2.86. The van der Waals surface area contributed by atoms with Gasteiger partial charge in [-0.25, -0.2) is 14.2 Å². The zero-order valence-corrected chi connectivity index (χ0v) is 21.9. The molecule has 0 aliphatic rings. The average molecular weight is 572 g/mol. The van der Waals surface area contributed by atoms with Crippen molar-refractivity contribution in [2.24, 2.45) is 4.99 Å². The van der Waals surface area contributed by atoms with E-state index in [0.29, 0.717) is 31.3 Å². The van der Waals surface area contributed by atoms with Crippen molar-refractivity contribution in [1.29, 1.82) is 0 Å². The van der Waals surface area contributed by atoms with Crippen LogP contribution in [0, 0.1) is 5.82 Å². The van der Waals surface area contributed by atoms with Gasteiger partial charge in [0.1, 0.15) is 11.4 Å². The number of hydrogen-bond acceptors (Lipinski definition) is 4. The normalized spacial score (nSPS) is 11.4. The van der Waals surface area contributed by atoms with Crippen molar-refractivity contribution >= 4 is 41.7 Å². The van der Waals surface area contributed by atoms with E-state index in [4.69, 9.17) is 4.74 Å². The first-order valence-corrected chi connectivity index (χ1v) is 10.7. The third-order valence-corrected chi connectivity index (χ3v) is 4.35. The highest BCUT2D eigenvalue weighted by Gasteiger charge is 2.16. The van der Waals surface area contributed by atoms with Crippen LogP contribution in [0.1, 0.15) is 44.4 Å². The number of amides is 1. The molecule has 0 radical (unpaired) electrons. The minimum absolute atomic E-state index is 0. The van der Waals surface area contributed by atoms with Gasteiger partial charge in [-0.1, -0.05) is 18.2 Å². The molecule has 0 atom stereocenters. The van der Waals surface area contributed by atoms with Crippen LogP contribution in [-0.4, -0.2) is 35.8 Å². The second-order valence-corrected chi connectivity index (χ2v) is 8.28. The van der Waals surface area contributed by atoms with E-state index in [1.165, 1.54) is 6.07 Å². The van der Waals surface area contributed by atoms with Gasteiger partial charge >= 0.3 is 6.09 Å². The topological polar surface area (TPSA) is 95.0 Å². The average Bonchev–Trinajstić information content (AvgIpc) is 2.72. The maximum absolute atomic E-state index is 13.5. The summed E-state index contributed by atoms with van der Waals surface area (Å²) in [4.78, 5) is 16.4. The van der Waals surface area contributed by atoms with Crippen LogP contribution in [0.15, 0.2) is 47.5 Å². The fourth-order valence-electron chi connectivity index (χ4n) is 2.86. The molecule has 0 fully saturated rings. The second kappa shape index (κ2) is 14.0. The first kappa shape index (κ1) is 28.6. The third-order valence-electron chi connectivity index (χ3n) is 4.35. The number of carbonyl (C=O) groups excluding carboxylic acids is 1. The minimum atomic E-state index is -0.542. The van der Waals surface area contributed by atoms with E-state index in [9.17, 15) is 14.3 Å². The zero-order chi connectivity index (χ0) is 23.6. The Labute approximate surface area is 212 Å². The maximum Gasteiger partial charge on any atom is 0.412 e. The second-order valence-electron chi connectivity index (χ2n) is 8.28. The summed E-state index contributed by atoms with van der Waals surface area (Å²) in [6.07, 6.45) is 0.285. The molecule has 1 amide bonds. The van der Waals surface area contributed by atoms with Gasteiger partial charge in [0.05, 0.1) is 13.2 Å². The molecule has 2 rings (SSSR count). The number of halogens is 2. The van der Waals surface area contributed by atoms with Gasteiger partial charge in [-0.3, -0.25) is 5.32 Å². The van der Waals surface area contributed by atoms with Crippen LogP contribution < -0.4 is 16.0 Å². The van der Waals surface area contributed by atoms with Gasteiger partial charge in [-0.05, 0) is 69.5 Å². The van der Waals surface area contributed by atoms with Gasteiger partial charge in [0, 0.05) is 24.3 Å². The molecule has 0 heterocycles. The lowest BCUT2D eigenvalue weighted by molar-refractivity contribution is 0.0636. The predicted octanol–water partition coefficient (Wildman–Crippen LogP) is 4.58. The summed E-state index contributed by atoms with van der Waals surface area (Å²) in [6.45, 7) is 8.84. The SMILES string of the molecule is CCNC(=NCc1ccc(F)c(CO)c1)NCCc1ccc(NC(=O)OC(C)(C)C)cc1.I. The van der Waals surface area contributed by atoms with Crippen LogP contribution in [0.5, 0.6) is 0 Å². The lowest BCUT2D eigenvalue weighted by Crippen LogP contribution is -2.38. The number of aliphatic hydroxyl groups excluding tert-OH is 1. The van der Waals surface area contributed by atoms with Crippen molar-refractivity contribution in [2.75, 3.05) is 18.4 Å². The van der Waals surface area contributed by atoms with E-state index in [0.717, 1.165) is 17.5 Å². The number of aliphatic imine (C=N–C) groups is 1. The number of carbonyl (C=O) groups is 1. The summed E-state index contributed by atoms with van der Waals surface area (Å²) in [5.74, 6) is 0.239. The number of ether oxygens (including phenoxy) is 1. The molecule has 9 heteroatoms. The molecule has 2 aromatic rings. The molecule has 7 nitrogen and oxygen atoms in total. The van der Waals surface area contributed by atoms with Gasteiger partial charge in [0.15, 0.2) is 5.96 Å². The van der Waals surface area contributed by atoms with Crippen molar-refractivity contribution in [1.82, 2.24) is 10.6 Å². The predicted molar refractivity (Wildman–Crippen MR) is 141 cm³/mol. The monoisotopic (exact) mass is 572 g/mol. The van der Waals surface area contributed by atoms with Crippen LogP contribution in [0.3, 0.4) is 0 Å². The summed E-state index contributed by atoms with van der Waals surface area (Å²) in [5.41, 5.74) is 2.32. The van der Waals surface area contributed by atoms with Crippen molar-refractivity contribution in [2.45, 2.75) is 52.9 Å². The Morgan fingerprint density at radius 1 is 1.09 bits per heavy atom. The van der Waals surface area contributed by atoms with Crippen molar-refractivity contribution < 1.29 is 19.0 Å². The van der Waals surface area contributed by atoms with E-state index in [2.05, 4.69) is 20.9 Å². The van der Waals surface area contributed by atoms with E-state index >= 15 is 0 Å². The summed E-state index contributed by atoms with van der Waals surface area (Å²) in [7, 11) is 0. The van der Waals surface area contributed by atoms with E-state index in [1.807, 2.05) is 52.0 Å². The Hall–Kier alpha value is -2.40. The molecular formula is C24H34FIN4O3. The summed E-state index contributed by atoms with van der Waals surface area (Å²) < 4.78 is 18.8. The molecule has 0 saturated heterocycles. The number of anilines is 1. The first-order chi connectivity index (χ1) is 15.2. The van der Waals surface area contributed by atoms with Crippen LogP contribution in [-0.2, 0) is 24.3 Å². The molecule has 0 aromatic heterocycles. The van der Waals surface area contributed by atoms with Crippen molar-refractivity contribution in [3.05, 3.63) is 65.0 Å². The third kappa shape index (κ3) is 10.8. The number of rotatable bonds is 8. The highest BCUT2D eigenvalue weighted by Crippen LogP contribution is 2.14. The standard InChI is InChI=1S/C24H33FN4O3.HI/c1-5-26-22(28-15-18-8-11-21(25)19(14-18)16-30)27-13-12-17-6-9-20(10-7-17)29-23(31)32-24(2,3)4;/h6-11,14,30H,5,12-13,15-16H2,1-4H3,(H,29,31)(H2,26,27,28);1H. The van der Waals surface area contributed by atoms with Gasteiger partial charge in [-0.15, -0.1) is 24.0 Å². The molecule has 0 saturated carbocycles. The Morgan fingerprint density at radius 2 is 1.76 bits per heavy atom. The number of aliphatic hydroxyl groups is 1.